The first-order valence-electron chi connectivity index (χ1n) is 2.61. The molecule has 0 radical (unpaired) electrons. The van der Waals surface area contributed by atoms with Crippen LogP contribution in [0.1, 0.15) is 13.3 Å². The summed E-state index contributed by atoms with van der Waals surface area (Å²) in [7, 11) is 0. The maximum absolute atomic E-state index is 10.3. The quantitative estimate of drug-likeness (QED) is 0.386. The molecule has 1 aliphatic heterocycles. The Labute approximate surface area is 48.6 Å². The van der Waals surface area contributed by atoms with Gasteiger partial charge in [-0.2, -0.15) is 0 Å². The molecule has 0 aromatic carbocycles. The van der Waals surface area contributed by atoms with Gasteiger partial charge in [0.1, 0.15) is 0 Å². The minimum Gasteiger partial charge on any atom is -0.347 e. The van der Waals surface area contributed by atoms with Gasteiger partial charge in [-0.05, 0) is 6.92 Å². The number of amides is 1. The Kier molecular flexibility index (Phi) is 0.897. The second kappa shape index (κ2) is 1.34. The SMILES string of the molecule is C=C[C@@]1(C)CC(=O)N1. The van der Waals surface area contributed by atoms with Gasteiger partial charge in [-0.1, -0.05) is 6.08 Å². The van der Waals surface area contributed by atoms with Crippen molar-refractivity contribution in [1.29, 1.82) is 0 Å². The summed E-state index contributed by atoms with van der Waals surface area (Å²) in [5, 5.41) is 2.71. The highest BCUT2D eigenvalue weighted by atomic mass is 16.2. The van der Waals surface area contributed by atoms with E-state index in [4.69, 9.17) is 0 Å². The van der Waals surface area contributed by atoms with Crippen LogP contribution in [0.5, 0.6) is 0 Å². The zero-order valence-corrected chi connectivity index (χ0v) is 4.90. The Morgan fingerprint density at radius 1 is 2.00 bits per heavy atom. The van der Waals surface area contributed by atoms with Gasteiger partial charge in [-0.25, -0.2) is 0 Å². The van der Waals surface area contributed by atoms with E-state index in [1.54, 1.807) is 6.08 Å². The predicted molar refractivity (Wildman–Crippen MR) is 31.4 cm³/mol. The van der Waals surface area contributed by atoms with Gasteiger partial charge in [0.2, 0.25) is 5.91 Å². The lowest BCUT2D eigenvalue weighted by atomic mass is 9.90. The van der Waals surface area contributed by atoms with E-state index in [1.807, 2.05) is 6.92 Å². The van der Waals surface area contributed by atoms with E-state index in [0.29, 0.717) is 6.42 Å². The molecule has 1 saturated heterocycles. The molecule has 1 fully saturated rings. The van der Waals surface area contributed by atoms with E-state index in [9.17, 15) is 4.79 Å². The van der Waals surface area contributed by atoms with Crippen molar-refractivity contribution in [3.05, 3.63) is 12.7 Å². The molecule has 1 heterocycles. The van der Waals surface area contributed by atoms with Gasteiger partial charge >= 0.3 is 0 Å². The molecule has 8 heavy (non-hydrogen) atoms. The first kappa shape index (κ1) is 5.35. The standard InChI is InChI=1S/C6H9NO/c1-3-6(2)4-5(8)7-6/h3H,1,4H2,2H3,(H,7,8)/t6-/m0/s1. The van der Waals surface area contributed by atoms with Crippen molar-refractivity contribution in [1.82, 2.24) is 5.32 Å². The topological polar surface area (TPSA) is 29.1 Å². The fourth-order valence-electron chi connectivity index (χ4n) is 0.757. The zero-order valence-electron chi connectivity index (χ0n) is 4.90. The maximum atomic E-state index is 10.3. The van der Waals surface area contributed by atoms with Crippen LogP contribution < -0.4 is 5.32 Å². The molecule has 0 aliphatic carbocycles. The number of hydrogen-bond acceptors (Lipinski definition) is 1. The van der Waals surface area contributed by atoms with Crippen molar-refractivity contribution < 1.29 is 4.79 Å². The molecule has 0 bridgehead atoms. The second-order valence-corrected chi connectivity index (χ2v) is 2.35. The van der Waals surface area contributed by atoms with E-state index in [0.717, 1.165) is 0 Å². The van der Waals surface area contributed by atoms with Gasteiger partial charge in [-0.3, -0.25) is 4.79 Å². The highest BCUT2D eigenvalue weighted by Crippen LogP contribution is 2.18. The average Bonchev–Trinajstić information content (AvgIpc) is 1.63. The number of rotatable bonds is 1. The summed E-state index contributed by atoms with van der Waals surface area (Å²) in [5.41, 5.74) is -0.100. The fraction of sp³-hybridized carbons (Fsp3) is 0.500. The van der Waals surface area contributed by atoms with Gasteiger partial charge in [0.15, 0.2) is 0 Å². The lowest BCUT2D eigenvalue weighted by Gasteiger charge is -2.35. The summed E-state index contributed by atoms with van der Waals surface area (Å²) in [5.74, 6) is 0.118. The molecular formula is C6H9NO. The van der Waals surface area contributed by atoms with Crippen LogP contribution in [0, 0.1) is 0 Å². The first-order chi connectivity index (χ1) is 3.66. The third-order valence-electron chi connectivity index (χ3n) is 1.40. The van der Waals surface area contributed by atoms with Crippen molar-refractivity contribution in [2.24, 2.45) is 0 Å². The lowest BCUT2D eigenvalue weighted by Crippen LogP contribution is -2.57. The zero-order chi connectivity index (χ0) is 6.20. The summed E-state index contributed by atoms with van der Waals surface area (Å²) in [6, 6.07) is 0. The third-order valence-corrected chi connectivity index (χ3v) is 1.40. The first-order valence-corrected chi connectivity index (χ1v) is 2.61. The van der Waals surface area contributed by atoms with Crippen molar-refractivity contribution in [2.45, 2.75) is 18.9 Å². The molecule has 1 amide bonds. The molecule has 0 aromatic heterocycles. The summed E-state index contributed by atoms with van der Waals surface area (Å²) in [6.45, 7) is 5.52. The van der Waals surface area contributed by atoms with Gasteiger partial charge in [0, 0.05) is 0 Å². The van der Waals surface area contributed by atoms with Crippen LogP contribution in [0.4, 0.5) is 0 Å². The van der Waals surface area contributed by atoms with Crippen LogP contribution >= 0.6 is 0 Å². The molecule has 2 heteroatoms. The molecule has 0 unspecified atom stereocenters. The van der Waals surface area contributed by atoms with Gasteiger partial charge in [0.05, 0.1) is 12.0 Å². The molecule has 1 rings (SSSR count). The van der Waals surface area contributed by atoms with Crippen LogP contribution in [0.2, 0.25) is 0 Å². The van der Waals surface area contributed by atoms with E-state index >= 15 is 0 Å². The summed E-state index contributed by atoms with van der Waals surface area (Å²) >= 11 is 0. The van der Waals surface area contributed by atoms with Crippen molar-refractivity contribution >= 4 is 5.91 Å². The molecular weight excluding hydrogens is 102 g/mol. The molecule has 0 spiro atoms. The van der Waals surface area contributed by atoms with E-state index in [1.165, 1.54) is 0 Å². The van der Waals surface area contributed by atoms with Crippen LogP contribution in [-0.2, 0) is 4.79 Å². The Bertz CT molecular complexity index is 131. The number of nitrogens with one attached hydrogen (secondary N) is 1. The van der Waals surface area contributed by atoms with Crippen LogP contribution in [0.3, 0.4) is 0 Å². The molecule has 0 aromatic rings. The molecule has 1 aliphatic rings. The lowest BCUT2D eigenvalue weighted by molar-refractivity contribution is -0.130. The molecule has 2 nitrogen and oxygen atoms in total. The Balaban J connectivity index is 2.52. The van der Waals surface area contributed by atoms with Gasteiger partial charge in [0.25, 0.3) is 0 Å². The van der Waals surface area contributed by atoms with Gasteiger partial charge in [-0.15, -0.1) is 6.58 Å². The van der Waals surface area contributed by atoms with Crippen molar-refractivity contribution in [3.8, 4) is 0 Å². The van der Waals surface area contributed by atoms with E-state index in [2.05, 4.69) is 11.9 Å². The minimum absolute atomic E-state index is 0.100. The molecule has 0 saturated carbocycles. The molecule has 44 valence electrons. The Hall–Kier alpha value is -0.790. The summed E-state index contributed by atoms with van der Waals surface area (Å²) in [4.78, 5) is 10.3. The second-order valence-electron chi connectivity index (χ2n) is 2.35. The normalized spacial score (nSPS) is 35.4. The monoisotopic (exact) mass is 111 g/mol. The van der Waals surface area contributed by atoms with Crippen LogP contribution in [0.25, 0.3) is 0 Å². The maximum Gasteiger partial charge on any atom is 0.223 e. The number of carbonyl (C=O) groups excluding carboxylic acids is 1. The smallest absolute Gasteiger partial charge is 0.223 e. The van der Waals surface area contributed by atoms with Crippen LogP contribution in [-0.4, -0.2) is 11.4 Å². The third kappa shape index (κ3) is 0.619. The highest BCUT2D eigenvalue weighted by molar-refractivity contribution is 5.85. The van der Waals surface area contributed by atoms with Crippen molar-refractivity contribution in [2.75, 3.05) is 0 Å². The van der Waals surface area contributed by atoms with E-state index in [-0.39, 0.29) is 11.4 Å². The van der Waals surface area contributed by atoms with Gasteiger partial charge < -0.3 is 5.32 Å². The molecule has 1 atom stereocenters. The predicted octanol–water partition coefficient (Wildman–Crippen LogP) is 0.451. The summed E-state index contributed by atoms with van der Waals surface area (Å²) in [6.07, 6.45) is 2.35. The fourth-order valence-corrected chi connectivity index (χ4v) is 0.757. The Morgan fingerprint density at radius 2 is 2.50 bits per heavy atom. The number of carbonyl (C=O) groups is 1. The highest BCUT2D eigenvalue weighted by Gasteiger charge is 2.34. The van der Waals surface area contributed by atoms with Crippen molar-refractivity contribution in [3.63, 3.8) is 0 Å². The van der Waals surface area contributed by atoms with E-state index < -0.39 is 0 Å². The largest absolute Gasteiger partial charge is 0.347 e. The average molecular weight is 111 g/mol. The van der Waals surface area contributed by atoms with Crippen LogP contribution in [0.15, 0.2) is 12.7 Å². The number of β-lactam (4-membered cyclic amide) rings is 1. The minimum atomic E-state index is -0.100. The Morgan fingerprint density at radius 3 is 2.62 bits per heavy atom. The summed E-state index contributed by atoms with van der Waals surface area (Å²) < 4.78 is 0. The molecule has 1 N–H and O–H groups in total. The number of hydrogen-bond donors (Lipinski definition) is 1.